The summed E-state index contributed by atoms with van der Waals surface area (Å²) in [5.74, 6) is 0.943. The van der Waals surface area contributed by atoms with Gasteiger partial charge in [-0.3, -0.25) is 4.79 Å². The average molecular weight is 418 g/mol. The molecule has 1 saturated carbocycles. The monoisotopic (exact) mass is 417 g/mol. The summed E-state index contributed by atoms with van der Waals surface area (Å²) in [4.78, 5) is 15.8. The SMILES string of the molecule is COC[C@@H](C)Oc1ccc(CN(C(=O)c2cccc3ccccc23)C2CCCC2)cc1. The van der Waals surface area contributed by atoms with E-state index in [9.17, 15) is 4.79 Å². The van der Waals surface area contributed by atoms with Crippen LogP contribution in [0.2, 0.25) is 0 Å². The number of amides is 1. The van der Waals surface area contributed by atoms with Crippen LogP contribution >= 0.6 is 0 Å². The molecule has 0 N–H and O–H groups in total. The molecule has 4 nitrogen and oxygen atoms in total. The lowest BCUT2D eigenvalue weighted by Gasteiger charge is -2.30. The number of nitrogens with zero attached hydrogens (tertiary/aromatic N) is 1. The van der Waals surface area contributed by atoms with Gasteiger partial charge < -0.3 is 14.4 Å². The molecule has 0 radical (unpaired) electrons. The van der Waals surface area contributed by atoms with Gasteiger partial charge in [0.2, 0.25) is 0 Å². The second-order valence-electron chi connectivity index (χ2n) is 8.43. The van der Waals surface area contributed by atoms with E-state index in [2.05, 4.69) is 29.2 Å². The summed E-state index contributed by atoms with van der Waals surface area (Å²) in [6.45, 7) is 3.15. The van der Waals surface area contributed by atoms with Crippen LogP contribution in [-0.2, 0) is 11.3 Å². The van der Waals surface area contributed by atoms with Gasteiger partial charge in [-0.25, -0.2) is 0 Å². The Labute approximate surface area is 184 Å². The van der Waals surface area contributed by atoms with E-state index in [4.69, 9.17) is 9.47 Å². The van der Waals surface area contributed by atoms with Crippen LogP contribution in [0.15, 0.2) is 66.7 Å². The second kappa shape index (κ2) is 9.97. The fraction of sp³-hybridized carbons (Fsp3) is 0.370. The number of rotatable bonds is 8. The zero-order valence-corrected chi connectivity index (χ0v) is 18.4. The van der Waals surface area contributed by atoms with Crippen LogP contribution < -0.4 is 4.74 Å². The van der Waals surface area contributed by atoms with Gasteiger partial charge in [0, 0.05) is 25.3 Å². The number of hydrogen-bond acceptors (Lipinski definition) is 3. The summed E-state index contributed by atoms with van der Waals surface area (Å²) in [6.07, 6.45) is 4.53. The summed E-state index contributed by atoms with van der Waals surface area (Å²) in [5, 5.41) is 2.13. The first kappa shape index (κ1) is 21.4. The molecule has 3 aromatic rings. The summed E-state index contributed by atoms with van der Waals surface area (Å²) in [5.41, 5.74) is 1.91. The molecule has 0 aromatic heterocycles. The van der Waals surface area contributed by atoms with Crippen molar-refractivity contribution in [3.8, 4) is 5.75 Å². The van der Waals surface area contributed by atoms with E-state index in [0.29, 0.717) is 19.2 Å². The van der Waals surface area contributed by atoms with E-state index in [1.165, 1.54) is 12.8 Å². The van der Waals surface area contributed by atoms with Crippen molar-refractivity contribution in [1.29, 1.82) is 0 Å². The van der Waals surface area contributed by atoms with Crippen LogP contribution in [0.1, 0.15) is 48.5 Å². The largest absolute Gasteiger partial charge is 0.488 e. The Kier molecular flexibility index (Phi) is 6.88. The van der Waals surface area contributed by atoms with Crippen molar-refractivity contribution in [3.63, 3.8) is 0 Å². The molecule has 0 spiro atoms. The first-order valence-corrected chi connectivity index (χ1v) is 11.2. The maximum atomic E-state index is 13.7. The number of fused-ring (bicyclic) bond motifs is 1. The minimum Gasteiger partial charge on any atom is -0.488 e. The standard InChI is InChI=1S/C27H31NO3/c1-20(19-30-2)31-24-16-14-21(15-17-24)18-28(23-10-4-5-11-23)27(29)26-13-7-9-22-8-3-6-12-25(22)26/h3,6-9,12-17,20,23H,4-5,10-11,18-19H2,1-2H3/t20-/m1/s1. The summed E-state index contributed by atoms with van der Waals surface area (Å²) in [6, 6.07) is 22.5. The lowest BCUT2D eigenvalue weighted by molar-refractivity contribution is 0.0666. The first-order chi connectivity index (χ1) is 15.2. The molecule has 0 bridgehead atoms. The Morgan fingerprint density at radius 3 is 2.45 bits per heavy atom. The molecule has 3 aromatic carbocycles. The number of ether oxygens (including phenoxy) is 2. The quantitative estimate of drug-likeness (QED) is 0.462. The van der Waals surface area contributed by atoms with Gasteiger partial charge in [0.25, 0.3) is 5.91 Å². The van der Waals surface area contributed by atoms with E-state index >= 15 is 0 Å². The van der Waals surface area contributed by atoms with Crippen molar-refractivity contribution in [2.75, 3.05) is 13.7 Å². The van der Waals surface area contributed by atoms with Gasteiger partial charge in [0.15, 0.2) is 0 Å². The predicted molar refractivity (Wildman–Crippen MR) is 124 cm³/mol. The number of carbonyl (C=O) groups excluding carboxylic acids is 1. The molecule has 162 valence electrons. The number of methoxy groups -OCH3 is 1. The Bertz CT molecular complexity index is 1000. The molecule has 1 amide bonds. The average Bonchev–Trinajstić information content (AvgIpc) is 3.32. The lowest BCUT2D eigenvalue weighted by Crippen LogP contribution is -2.38. The molecular formula is C27H31NO3. The van der Waals surface area contributed by atoms with Crippen molar-refractivity contribution in [2.45, 2.75) is 51.3 Å². The van der Waals surface area contributed by atoms with Gasteiger partial charge in [-0.05, 0) is 54.3 Å². The van der Waals surface area contributed by atoms with E-state index in [1.807, 2.05) is 49.4 Å². The number of carbonyl (C=O) groups is 1. The Morgan fingerprint density at radius 2 is 1.71 bits per heavy atom. The molecule has 1 aliphatic carbocycles. The molecule has 1 aliphatic rings. The third kappa shape index (κ3) is 5.08. The highest BCUT2D eigenvalue weighted by atomic mass is 16.5. The van der Waals surface area contributed by atoms with Crippen LogP contribution in [0, 0.1) is 0 Å². The van der Waals surface area contributed by atoms with Crippen LogP contribution in [-0.4, -0.2) is 36.7 Å². The molecule has 1 atom stereocenters. The summed E-state index contributed by atoms with van der Waals surface area (Å²) in [7, 11) is 1.67. The zero-order valence-electron chi connectivity index (χ0n) is 18.4. The Balaban J connectivity index is 1.56. The molecule has 31 heavy (non-hydrogen) atoms. The maximum absolute atomic E-state index is 13.7. The topological polar surface area (TPSA) is 38.8 Å². The smallest absolute Gasteiger partial charge is 0.255 e. The van der Waals surface area contributed by atoms with Crippen LogP contribution in [0.25, 0.3) is 10.8 Å². The van der Waals surface area contributed by atoms with Crippen molar-refractivity contribution >= 4 is 16.7 Å². The van der Waals surface area contributed by atoms with Crippen LogP contribution in [0.4, 0.5) is 0 Å². The van der Waals surface area contributed by atoms with Gasteiger partial charge in [-0.15, -0.1) is 0 Å². The Morgan fingerprint density at radius 1 is 1.00 bits per heavy atom. The number of hydrogen-bond donors (Lipinski definition) is 0. The van der Waals surface area contributed by atoms with Gasteiger partial charge >= 0.3 is 0 Å². The van der Waals surface area contributed by atoms with E-state index in [0.717, 1.165) is 40.5 Å². The highest BCUT2D eigenvalue weighted by molar-refractivity contribution is 6.07. The third-order valence-electron chi connectivity index (χ3n) is 6.06. The molecule has 1 fully saturated rings. The molecule has 4 rings (SSSR count). The van der Waals surface area contributed by atoms with Gasteiger partial charge in [0.05, 0.1) is 6.61 Å². The van der Waals surface area contributed by atoms with Gasteiger partial charge in [0.1, 0.15) is 11.9 Å². The van der Waals surface area contributed by atoms with Gasteiger partial charge in [-0.1, -0.05) is 61.4 Å². The molecule has 0 aliphatic heterocycles. The molecule has 0 heterocycles. The fourth-order valence-corrected chi connectivity index (χ4v) is 4.52. The van der Waals surface area contributed by atoms with Crippen molar-refractivity contribution in [3.05, 3.63) is 77.9 Å². The van der Waals surface area contributed by atoms with E-state index in [1.54, 1.807) is 7.11 Å². The van der Waals surface area contributed by atoms with Crippen LogP contribution in [0.5, 0.6) is 5.75 Å². The Hall–Kier alpha value is -2.85. The first-order valence-electron chi connectivity index (χ1n) is 11.2. The second-order valence-corrected chi connectivity index (χ2v) is 8.43. The molecule has 4 heteroatoms. The van der Waals surface area contributed by atoms with Crippen molar-refractivity contribution in [2.24, 2.45) is 0 Å². The predicted octanol–water partition coefficient (Wildman–Crippen LogP) is 5.84. The van der Waals surface area contributed by atoms with Crippen molar-refractivity contribution < 1.29 is 14.3 Å². The highest BCUT2D eigenvalue weighted by Crippen LogP contribution is 2.29. The fourth-order valence-electron chi connectivity index (χ4n) is 4.52. The normalized spacial score (nSPS) is 15.2. The molecule has 0 saturated heterocycles. The van der Waals surface area contributed by atoms with Crippen LogP contribution in [0.3, 0.4) is 0 Å². The van der Waals surface area contributed by atoms with Crippen molar-refractivity contribution in [1.82, 2.24) is 4.90 Å². The third-order valence-corrected chi connectivity index (χ3v) is 6.06. The summed E-state index contributed by atoms with van der Waals surface area (Å²) < 4.78 is 11.0. The highest BCUT2D eigenvalue weighted by Gasteiger charge is 2.28. The molecule has 0 unspecified atom stereocenters. The maximum Gasteiger partial charge on any atom is 0.255 e. The number of benzene rings is 3. The minimum atomic E-state index is -0.00113. The van der Waals surface area contributed by atoms with E-state index < -0.39 is 0 Å². The lowest BCUT2D eigenvalue weighted by atomic mass is 10.0. The van der Waals surface area contributed by atoms with Gasteiger partial charge in [-0.2, -0.15) is 0 Å². The minimum absolute atomic E-state index is 0.00113. The summed E-state index contributed by atoms with van der Waals surface area (Å²) >= 11 is 0. The zero-order chi connectivity index (χ0) is 21.6. The van der Waals surface area contributed by atoms with E-state index in [-0.39, 0.29) is 12.0 Å². The molecular weight excluding hydrogens is 386 g/mol.